The summed E-state index contributed by atoms with van der Waals surface area (Å²) in [5.41, 5.74) is 6.22. The number of hydrogen-bond acceptors (Lipinski definition) is 10. The van der Waals surface area contributed by atoms with Crippen LogP contribution < -0.4 is 20.3 Å². The van der Waals surface area contributed by atoms with E-state index in [0.717, 1.165) is 47.9 Å². The molecule has 2 aliphatic heterocycles. The minimum atomic E-state index is 0.164. The molecule has 0 aliphatic carbocycles. The van der Waals surface area contributed by atoms with Gasteiger partial charge in [-0.15, -0.1) is 0 Å². The molecule has 4 aromatic rings. The van der Waals surface area contributed by atoms with Crippen LogP contribution in [0, 0.1) is 6.92 Å². The number of aliphatic hydroxyl groups excluding tert-OH is 1. The Labute approximate surface area is 272 Å². The van der Waals surface area contributed by atoms with Gasteiger partial charge in [-0.1, -0.05) is 30.3 Å². The van der Waals surface area contributed by atoms with Crippen LogP contribution in [0.3, 0.4) is 0 Å². The number of aromatic nitrogens is 4. The number of aryl methyl sites for hydroxylation is 1. The molecule has 0 amide bonds. The smallest absolute Gasteiger partial charge is 0.229 e. The van der Waals surface area contributed by atoms with E-state index >= 15 is 0 Å². The van der Waals surface area contributed by atoms with E-state index in [-0.39, 0.29) is 6.61 Å². The van der Waals surface area contributed by atoms with Gasteiger partial charge in [0.25, 0.3) is 0 Å². The maximum absolute atomic E-state index is 9.17. The Morgan fingerprint density at radius 1 is 1.00 bits per heavy atom. The fraction of sp³-hybridized carbons (Fsp3) is 0.457. The average molecular weight is 626 g/mol. The number of benzene rings is 2. The zero-order valence-electron chi connectivity index (χ0n) is 27.3. The molecule has 11 heteroatoms. The quantitative estimate of drug-likeness (QED) is 0.200. The van der Waals surface area contributed by atoms with Gasteiger partial charge in [0.05, 0.1) is 18.5 Å². The van der Waals surface area contributed by atoms with Crippen LogP contribution in [0.1, 0.15) is 30.4 Å². The van der Waals surface area contributed by atoms with Gasteiger partial charge in [-0.25, -0.2) is 9.67 Å². The van der Waals surface area contributed by atoms with Gasteiger partial charge in [0.1, 0.15) is 5.75 Å². The van der Waals surface area contributed by atoms with Gasteiger partial charge >= 0.3 is 0 Å². The predicted molar refractivity (Wildman–Crippen MR) is 183 cm³/mol. The van der Waals surface area contributed by atoms with Crippen LogP contribution in [-0.2, 0) is 6.54 Å². The number of anilines is 3. The third-order valence-corrected chi connectivity index (χ3v) is 9.16. The van der Waals surface area contributed by atoms with Gasteiger partial charge in [0.2, 0.25) is 5.95 Å². The molecule has 0 spiro atoms. The van der Waals surface area contributed by atoms with E-state index in [0.29, 0.717) is 30.8 Å². The Morgan fingerprint density at radius 3 is 2.52 bits per heavy atom. The Hall–Kier alpha value is -4.03. The molecule has 2 fully saturated rings. The predicted octanol–water partition coefficient (Wildman–Crippen LogP) is 4.08. The molecule has 0 atom stereocenters. The Morgan fingerprint density at radius 2 is 1.78 bits per heavy atom. The molecule has 4 heterocycles. The lowest BCUT2D eigenvalue weighted by Gasteiger charge is -2.43. The number of methoxy groups -OCH3 is 1. The minimum absolute atomic E-state index is 0.164. The van der Waals surface area contributed by atoms with Crippen molar-refractivity contribution in [3.63, 3.8) is 0 Å². The minimum Gasteiger partial charge on any atom is -0.494 e. The van der Waals surface area contributed by atoms with E-state index < -0.39 is 0 Å². The molecule has 6 rings (SSSR count). The van der Waals surface area contributed by atoms with Crippen LogP contribution in [-0.4, -0.2) is 107 Å². The van der Waals surface area contributed by atoms with E-state index in [1.165, 1.54) is 50.3 Å². The summed E-state index contributed by atoms with van der Waals surface area (Å²) in [6.07, 6.45) is 6.83. The SMILES string of the molecule is COc1cc(N2CCC(N3CCN(C)CC3)CC2)c(C)cc1Nc1nccc(-n2cc(CNCCCO)c(-c3ccccc3)n2)n1. The molecular weight excluding hydrogens is 578 g/mol. The van der Waals surface area contributed by atoms with Crippen LogP contribution in [0.15, 0.2) is 60.9 Å². The molecule has 0 saturated carbocycles. The molecule has 2 aliphatic rings. The number of piperazine rings is 1. The number of aliphatic hydroxyl groups is 1. The lowest BCUT2D eigenvalue weighted by Crippen LogP contribution is -2.52. The third kappa shape index (κ3) is 7.50. The van der Waals surface area contributed by atoms with Crippen molar-refractivity contribution in [2.45, 2.75) is 38.8 Å². The van der Waals surface area contributed by atoms with Crippen LogP contribution in [0.5, 0.6) is 5.75 Å². The second-order valence-electron chi connectivity index (χ2n) is 12.3. The van der Waals surface area contributed by atoms with Gasteiger partial charge in [0.15, 0.2) is 5.82 Å². The lowest BCUT2D eigenvalue weighted by atomic mass is 10.0. The average Bonchev–Trinajstić information content (AvgIpc) is 3.52. The van der Waals surface area contributed by atoms with Crippen molar-refractivity contribution in [1.29, 1.82) is 0 Å². The molecule has 2 aromatic heterocycles. The molecule has 2 aromatic carbocycles. The summed E-state index contributed by atoms with van der Waals surface area (Å²) in [6, 6.07) is 17.0. The summed E-state index contributed by atoms with van der Waals surface area (Å²) in [5, 5.41) is 20.9. The summed E-state index contributed by atoms with van der Waals surface area (Å²) in [4.78, 5) is 17.0. The summed E-state index contributed by atoms with van der Waals surface area (Å²) in [5.74, 6) is 1.89. The topological polar surface area (TPSA) is 107 Å². The summed E-state index contributed by atoms with van der Waals surface area (Å²) in [7, 11) is 3.93. The van der Waals surface area contributed by atoms with Crippen molar-refractivity contribution >= 4 is 17.3 Å². The van der Waals surface area contributed by atoms with Crippen LogP contribution in [0.4, 0.5) is 17.3 Å². The maximum atomic E-state index is 9.17. The standard InChI is InChI=1S/C35H47N9O2/c1-26-22-30(32(46-3)23-31(26)43-15-11-29(12-16-43)42-19-17-41(2)18-20-42)38-35-37-14-10-33(39-35)44-25-28(24-36-13-7-21-45)34(40-44)27-8-5-4-6-9-27/h4-6,8-10,14,22-23,25,29,36,45H,7,11-13,15-21,24H2,1-3H3,(H,37,38,39). The number of rotatable bonds is 12. The fourth-order valence-electron chi connectivity index (χ4n) is 6.52. The van der Waals surface area contributed by atoms with Crippen molar-refractivity contribution in [3.05, 3.63) is 72.1 Å². The second-order valence-corrected chi connectivity index (χ2v) is 12.3. The van der Waals surface area contributed by atoms with E-state index in [1.54, 1.807) is 18.0 Å². The van der Waals surface area contributed by atoms with E-state index in [9.17, 15) is 0 Å². The Kier molecular flexibility index (Phi) is 10.4. The molecule has 244 valence electrons. The first kappa shape index (κ1) is 31.9. The molecule has 0 radical (unpaired) electrons. The van der Waals surface area contributed by atoms with Crippen LogP contribution in [0.2, 0.25) is 0 Å². The van der Waals surface area contributed by atoms with Gasteiger partial charge in [-0.2, -0.15) is 10.1 Å². The molecule has 0 bridgehead atoms. The van der Waals surface area contributed by atoms with Crippen molar-refractivity contribution in [2.24, 2.45) is 0 Å². The first-order valence-electron chi connectivity index (χ1n) is 16.4. The lowest BCUT2D eigenvalue weighted by molar-refractivity contribution is 0.0982. The number of piperidine rings is 1. The van der Waals surface area contributed by atoms with Crippen molar-refractivity contribution in [1.82, 2.24) is 34.9 Å². The Balaban J connectivity index is 1.17. The zero-order chi connectivity index (χ0) is 31.9. The Bertz CT molecular complexity index is 1560. The second kappa shape index (κ2) is 15.0. The number of nitrogens with one attached hydrogen (secondary N) is 2. The normalized spacial score (nSPS) is 16.6. The molecule has 46 heavy (non-hydrogen) atoms. The van der Waals surface area contributed by atoms with Gasteiger partial charge in [-0.3, -0.25) is 4.90 Å². The summed E-state index contributed by atoms with van der Waals surface area (Å²) < 4.78 is 7.67. The number of likely N-dealkylation sites (N-methyl/N-ethyl adjacent to an activating group) is 1. The van der Waals surface area contributed by atoms with Crippen molar-refractivity contribution in [2.75, 3.05) is 76.8 Å². The highest BCUT2D eigenvalue weighted by molar-refractivity contribution is 5.71. The van der Waals surface area contributed by atoms with Gasteiger partial charge < -0.3 is 30.3 Å². The summed E-state index contributed by atoms with van der Waals surface area (Å²) in [6.45, 7) is 10.5. The molecule has 3 N–H and O–H groups in total. The van der Waals surface area contributed by atoms with E-state index in [1.807, 2.05) is 30.5 Å². The molecule has 0 unspecified atom stereocenters. The van der Waals surface area contributed by atoms with Crippen molar-refractivity contribution < 1.29 is 9.84 Å². The first-order valence-corrected chi connectivity index (χ1v) is 16.4. The third-order valence-electron chi connectivity index (χ3n) is 9.16. The maximum Gasteiger partial charge on any atom is 0.229 e. The van der Waals surface area contributed by atoms with Crippen LogP contribution >= 0.6 is 0 Å². The highest BCUT2D eigenvalue weighted by Gasteiger charge is 2.27. The number of hydrogen-bond donors (Lipinski definition) is 3. The zero-order valence-corrected chi connectivity index (χ0v) is 27.3. The molecular formula is C35H47N9O2. The first-order chi connectivity index (χ1) is 22.5. The highest BCUT2D eigenvalue weighted by Crippen LogP contribution is 2.36. The number of nitrogens with zero attached hydrogens (tertiary/aromatic N) is 7. The van der Waals surface area contributed by atoms with E-state index in [2.05, 4.69) is 68.6 Å². The highest BCUT2D eigenvalue weighted by atomic mass is 16.5. The van der Waals surface area contributed by atoms with Gasteiger partial charge in [0, 0.05) is 99.8 Å². The summed E-state index contributed by atoms with van der Waals surface area (Å²) >= 11 is 0. The largest absolute Gasteiger partial charge is 0.494 e. The fourth-order valence-corrected chi connectivity index (χ4v) is 6.52. The van der Waals surface area contributed by atoms with Gasteiger partial charge in [-0.05, 0) is 51.4 Å². The monoisotopic (exact) mass is 625 g/mol. The van der Waals surface area contributed by atoms with Crippen molar-refractivity contribution in [3.8, 4) is 22.8 Å². The number of ether oxygens (including phenoxy) is 1. The molecule has 11 nitrogen and oxygen atoms in total. The van der Waals surface area contributed by atoms with E-state index in [4.69, 9.17) is 19.9 Å². The van der Waals surface area contributed by atoms with Crippen LogP contribution in [0.25, 0.3) is 17.1 Å². The molecule has 2 saturated heterocycles.